The monoisotopic (exact) mass is 483 g/mol. The molecule has 0 saturated carbocycles. The van der Waals surface area contributed by atoms with Gasteiger partial charge >= 0.3 is 6.18 Å². The molecule has 1 saturated heterocycles. The number of likely N-dealkylation sites (tertiary alicyclic amines) is 1. The maximum Gasteiger partial charge on any atom is 0.416 e. The summed E-state index contributed by atoms with van der Waals surface area (Å²) in [5.41, 5.74) is 2.00. The topological polar surface area (TPSA) is 41.9 Å². The molecule has 0 radical (unpaired) electrons. The first-order valence-electron chi connectivity index (χ1n) is 12.0. The summed E-state index contributed by atoms with van der Waals surface area (Å²) in [5.74, 6) is 1.16. The number of hydrogen-bond acceptors (Lipinski definition) is 4. The second kappa shape index (κ2) is 9.82. The van der Waals surface area contributed by atoms with Crippen LogP contribution in [0.4, 0.5) is 13.2 Å². The number of nitrogens with zero attached hydrogens (tertiary/aromatic N) is 1. The van der Waals surface area contributed by atoms with Gasteiger partial charge in [-0.1, -0.05) is 30.3 Å². The van der Waals surface area contributed by atoms with E-state index in [0.29, 0.717) is 19.0 Å². The molecule has 4 nitrogen and oxygen atoms in total. The van der Waals surface area contributed by atoms with Crippen molar-refractivity contribution in [2.24, 2.45) is 0 Å². The van der Waals surface area contributed by atoms with Gasteiger partial charge in [-0.05, 0) is 67.4 Å². The number of alkyl halides is 3. The fourth-order valence-corrected chi connectivity index (χ4v) is 5.09. The van der Waals surface area contributed by atoms with Gasteiger partial charge in [0.1, 0.15) is 23.9 Å². The minimum Gasteiger partial charge on any atom is -0.508 e. The van der Waals surface area contributed by atoms with Crippen LogP contribution in [0.1, 0.15) is 46.9 Å². The van der Waals surface area contributed by atoms with Crippen LogP contribution in [0.2, 0.25) is 0 Å². The van der Waals surface area contributed by atoms with Crippen LogP contribution in [0.15, 0.2) is 66.7 Å². The highest BCUT2D eigenvalue weighted by Gasteiger charge is 2.35. The molecule has 7 heteroatoms. The highest BCUT2D eigenvalue weighted by molar-refractivity contribution is 5.51. The minimum absolute atomic E-state index is 0.109. The van der Waals surface area contributed by atoms with Gasteiger partial charge in [-0.3, -0.25) is 4.90 Å². The lowest BCUT2D eigenvalue weighted by molar-refractivity contribution is -0.137. The van der Waals surface area contributed by atoms with Gasteiger partial charge in [-0.25, -0.2) is 0 Å². The Bertz CT molecular complexity index is 1140. The van der Waals surface area contributed by atoms with Gasteiger partial charge in [0.05, 0.1) is 12.2 Å². The Hall–Kier alpha value is -3.19. The minimum atomic E-state index is -4.38. The zero-order valence-electron chi connectivity index (χ0n) is 19.3. The molecule has 2 aliphatic heterocycles. The van der Waals surface area contributed by atoms with Crippen molar-refractivity contribution in [1.82, 2.24) is 4.90 Å². The fourth-order valence-electron chi connectivity index (χ4n) is 5.09. The zero-order chi connectivity index (χ0) is 24.4. The summed E-state index contributed by atoms with van der Waals surface area (Å²) in [6.07, 6.45) is -1.88. The summed E-state index contributed by atoms with van der Waals surface area (Å²) in [5, 5.41) is 9.93. The molecule has 1 N–H and O–H groups in total. The van der Waals surface area contributed by atoms with Crippen molar-refractivity contribution in [2.45, 2.75) is 30.9 Å². The van der Waals surface area contributed by atoms with Crippen molar-refractivity contribution in [2.75, 3.05) is 32.8 Å². The first-order valence-corrected chi connectivity index (χ1v) is 12.0. The largest absolute Gasteiger partial charge is 0.508 e. The fraction of sp³-hybridized carbons (Fsp3) is 0.357. The van der Waals surface area contributed by atoms with Crippen LogP contribution in [-0.4, -0.2) is 42.9 Å². The SMILES string of the molecule is Oc1ccc2c(c1)OC[C@@H](c1ccc(C(F)(F)F)cc1)[C@H]2c1ccc(OCCN2CCCC2)cc1. The normalized spacial score (nSPS) is 20.3. The van der Waals surface area contributed by atoms with Crippen LogP contribution in [0.3, 0.4) is 0 Å². The van der Waals surface area contributed by atoms with Crippen LogP contribution < -0.4 is 9.47 Å². The third-order valence-electron chi connectivity index (χ3n) is 6.93. The molecular formula is C28H28F3NO3. The molecule has 2 aliphatic rings. The van der Waals surface area contributed by atoms with E-state index in [2.05, 4.69) is 4.90 Å². The number of hydrogen-bond donors (Lipinski definition) is 1. The van der Waals surface area contributed by atoms with E-state index >= 15 is 0 Å². The molecule has 0 aromatic heterocycles. The van der Waals surface area contributed by atoms with Gasteiger partial charge in [-0.15, -0.1) is 0 Å². The number of fused-ring (bicyclic) bond motifs is 1. The third-order valence-corrected chi connectivity index (χ3v) is 6.93. The molecule has 0 amide bonds. The summed E-state index contributed by atoms with van der Waals surface area (Å²) in [6, 6.07) is 18.2. The van der Waals surface area contributed by atoms with E-state index in [0.717, 1.165) is 54.2 Å². The van der Waals surface area contributed by atoms with E-state index in [1.807, 2.05) is 30.3 Å². The molecule has 2 heterocycles. The predicted octanol–water partition coefficient (Wildman–Crippen LogP) is 6.19. The van der Waals surface area contributed by atoms with Crippen molar-refractivity contribution in [3.63, 3.8) is 0 Å². The first kappa shape index (κ1) is 23.5. The van der Waals surface area contributed by atoms with Crippen LogP contribution in [-0.2, 0) is 6.18 Å². The Morgan fingerprint density at radius 1 is 0.914 bits per heavy atom. The number of halogens is 3. The predicted molar refractivity (Wildman–Crippen MR) is 127 cm³/mol. The standard InChI is InChI=1S/C28H28F3NO3/c29-28(30,31)21-7-3-19(4-8-21)25-18-35-26-17-22(33)9-12-24(26)27(25)20-5-10-23(11-6-20)34-16-15-32-13-1-2-14-32/h3-12,17,25,27,33H,1-2,13-16,18H2/t25-,27-/m0/s1. The smallest absolute Gasteiger partial charge is 0.416 e. The Balaban J connectivity index is 1.40. The molecule has 1 fully saturated rings. The summed E-state index contributed by atoms with van der Waals surface area (Å²) >= 11 is 0. The van der Waals surface area contributed by atoms with Crippen LogP contribution in [0, 0.1) is 0 Å². The van der Waals surface area contributed by atoms with Crippen molar-refractivity contribution in [1.29, 1.82) is 0 Å². The molecule has 0 bridgehead atoms. The molecule has 3 aromatic rings. The van der Waals surface area contributed by atoms with Crippen molar-refractivity contribution < 1.29 is 27.8 Å². The van der Waals surface area contributed by atoms with E-state index in [1.165, 1.54) is 25.0 Å². The van der Waals surface area contributed by atoms with E-state index in [4.69, 9.17) is 9.47 Å². The summed E-state index contributed by atoms with van der Waals surface area (Å²) in [6.45, 7) is 4.10. The number of phenols is 1. The van der Waals surface area contributed by atoms with E-state index in [-0.39, 0.29) is 17.6 Å². The van der Waals surface area contributed by atoms with E-state index in [1.54, 1.807) is 12.1 Å². The second-order valence-corrected chi connectivity index (χ2v) is 9.20. The first-order chi connectivity index (χ1) is 16.9. The molecule has 0 unspecified atom stereocenters. The Labute approximate surface area is 202 Å². The summed E-state index contributed by atoms with van der Waals surface area (Å²) in [4.78, 5) is 2.40. The molecule has 5 rings (SSSR count). The average Bonchev–Trinajstić information content (AvgIpc) is 3.37. The Kier molecular flexibility index (Phi) is 6.60. The maximum absolute atomic E-state index is 13.1. The van der Waals surface area contributed by atoms with Crippen LogP contribution >= 0.6 is 0 Å². The van der Waals surface area contributed by atoms with Gasteiger partial charge in [0.2, 0.25) is 0 Å². The van der Waals surface area contributed by atoms with Crippen molar-refractivity contribution >= 4 is 0 Å². The molecule has 3 aromatic carbocycles. The number of rotatable bonds is 6. The maximum atomic E-state index is 13.1. The van der Waals surface area contributed by atoms with Crippen molar-refractivity contribution in [3.05, 3.63) is 89.0 Å². The van der Waals surface area contributed by atoms with Gasteiger partial charge < -0.3 is 14.6 Å². The van der Waals surface area contributed by atoms with E-state index < -0.39 is 11.7 Å². The molecule has 0 spiro atoms. The van der Waals surface area contributed by atoms with Gasteiger partial charge in [0, 0.05) is 30.0 Å². The van der Waals surface area contributed by atoms with E-state index in [9.17, 15) is 18.3 Å². The molecule has 35 heavy (non-hydrogen) atoms. The highest BCUT2D eigenvalue weighted by Crippen LogP contribution is 2.47. The van der Waals surface area contributed by atoms with Gasteiger partial charge in [-0.2, -0.15) is 13.2 Å². The lowest BCUT2D eigenvalue weighted by Crippen LogP contribution is -2.25. The number of benzene rings is 3. The summed E-state index contributed by atoms with van der Waals surface area (Å²) < 4.78 is 51.1. The highest BCUT2D eigenvalue weighted by atomic mass is 19.4. The third kappa shape index (κ3) is 5.25. The average molecular weight is 484 g/mol. The second-order valence-electron chi connectivity index (χ2n) is 9.20. The molecular weight excluding hydrogens is 455 g/mol. The van der Waals surface area contributed by atoms with Gasteiger partial charge in [0.15, 0.2) is 0 Å². The van der Waals surface area contributed by atoms with Crippen molar-refractivity contribution in [3.8, 4) is 17.2 Å². The zero-order valence-corrected chi connectivity index (χ0v) is 19.3. The Morgan fingerprint density at radius 3 is 2.29 bits per heavy atom. The quantitative estimate of drug-likeness (QED) is 0.454. The number of phenolic OH excluding ortho intramolecular Hbond substituents is 1. The Morgan fingerprint density at radius 2 is 1.60 bits per heavy atom. The molecule has 2 atom stereocenters. The van der Waals surface area contributed by atoms with Crippen LogP contribution in [0.25, 0.3) is 0 Å². The lowest BCUT2D eigenvalue weighted by atomic mass is 9.75. The molecule has 184 valence electrons. The molecule has 0 aliphatic carbocycles. The van der Waals surface area contributed by atoms with Crippen LogP contribution in [0.5, 0.6) is 17.2 Å². The number of aromatic hydroxyl groups is 1. The number of ether oxygens (including phenoxy) is 2. The van der Waals surface area contributed by atoms with Gasteiger partial charge in [0.25, 0.3) is 0 Å². The lowest BCUT2D eigenvalue weighted by Gasteiger charge is -2.34. The summed E-state index contributed by atoms with van der Waals surface area (Å²) in [7, 11) is 0.